The third-order valence-corrected chi connectivity index (χ3v) is 3.22. The topological polar surface area (TPSA) is 49.4 Å². The zero-order chi connectivity index (χ0) is 14.1. The summed E-state index contributed by atoms with van der Waals surface area (Å²) in [5.74, 6) is -0.360. The first-order valence-electron chi connectivity index (χ1n) is 6.37. The number of carbonyl (C=O) groups excluding carboxylic acids is 2. The summed E-state index contributed by atoms with van der Waals surface area (Å²) < 4.78 is 12.6. The summed E-state index contributed by atoms with van der Waals surface area (Å²) in [5.41, 5.74) is -0.406. The fourth-order valence-electron chi connectivity index (χ4n) is 2.38. The van der Waals surface area contributed by atoms with E-state index in [-0.39, 0.29) is 24.3 Å². The highest BCUT2D eigenvalue weighted by Gasteiger charge is 2.46. The third kappa shape index (κ3) is 2.82. The molecule has 1 aliphatic rings. The molecule has 104 valence electrons. The van der Waals surface area contributed by atoms with Crippen LogP contribution in [-0.4, -0.2) is 42.0 Å². The molecule has 0 saturated carbocycles. The highest BCUT2D eigenvalue weighted by molar-refractivity contribution is 5.97. The van der Waals surface area contributed by atoms with Gasteiger partial charge in [0.05, 0.1) is 0 Å². The maximum Gasteiger partial charge on any atom is 0.246 e. The summed E-state index contributed by atoms with van der Waals surface area (Å²) in [6.45, 7) is 8.73. The highest BCUT2D eigenvalue weighted by Crippen LogP contribution is 2.28. The molecule has 1 aliphatic heterocycles. The van der Waals surface area contributed by atoms with Gasteiger partial charge < -0.3 is 10.2 Å². The summed E-state index contributed by atoms with van der Waals surface area (Å²) in [7, 11) is 0. The van der Waals surface area contributed by atoms with Crippen LogP contribution in [0.15, 0.2) is 0 Å². The van der Waals surface area contributed by atoms with Crippen molar-refractivity contribution in [1.29, 1.82) is 0 Å². The molecule has 5 heteroatoms. The van der Waals surface area contributed by atoms with E-state index >= 15 is 0 Å². The summed E-state index contributed by atoms with van der Waals surface area (Å²) >= 11 is 0. The van der Waals surface area contributed by atoms with Crippen molar-refractivity contribution in [2.24, 2.45) is 11.3 Å². The van der Waals surface area contributed by atoms with Crippen molar-refractivity contribution >= 4 is 11.8 Å². The van der Waals surface area contributed by atoms with Crippen LogP contribution >= 0.6 is 0 Å². The van der Waals surface area contributed by atoms with E-state index in [2.05, 4.69) is 5.32 Å². The monoisotopic (exact) mass is 258 g/mol. The Bertz CT molecular complexity index is 336. The number of amides is 2. The molecule has 0 aromatic carbocycles. The van der Waals surface area contributed by atoms with Gasteiger partial charge in [0.2, 0.25) is 11.8 Å². The Morgan fingerprint density at radius 2 is 1.89 bits per heavy atom. The van der Waals surface area contributed by atoms with Gasteiger partial charge in [0.15, 0.2) is 0 Å². The normalized spacial score (nSPS) is 25.6. The summed E-state index contributed by atoms with van der Waals surface area (Å²) in [6.07, 6.45) is 0. The number of nitrogens with zero attached hydrogens (tertiary/aromatic N) is 1. The number of hydrogen-bond donors (Lipinski definition) is 1. The Hall–Kier alpha value is -1.13. The van der Waals surface area contributed by atoms with E-state index in [9.17, 15) is 14.0 Å². The quantitative estimate of drug-likeness (QED) is 0.831. The number of rotatable bonds is 3. The number of piperazine rings is 1. The molecule has 1 fully saturated rings. The highest BCUT2D eigenvalue weighted by atomic mass is 19.1. The van der Waals surface area contributed by atoms with Crippen molar-refractivity contribution in [3.05, 3.63) is 0 Å². The van der Waals surface area contributed by atoms with Crippen LogP contribution in [0.1, 0.15) is 34.6 Å². The van der Waals surface area contributed by atoms with Crippen LogP contribution in [0.25, 0.3) is 0 Å². The van der Waals surface area contributed by atoms with Crippen LogP contribution < -0.4 is 5.32 Å². The Kier molecular flexibility index (Phi) is 4.35. The van der Waals surface area contributed by atoms with Crippen LogP contribution in [0.5, 0.6) is 0 Å². The van der Waals surface area contributed by atoms with Crippen LogP contribution in [0, 0.1) is 11.3 Å². The molecule has 2 unspecified atom stereocenters. The first-order chi connectivity index (χ1) is 8.20. The van der Waals surface area contributed by atoms with Crippen molar-refractivity contribution in [3.8, 4) is 0 Å². The fraction of sp³-hybridized carbons (Fsp3) is 0.846. The van der Waals surface area contributed by atoms with E-state index in [1.807, 2.05) is 34.6 Å². The lowest BCUT2D eigenvalue weighted by molar-refractivity contribution is -0.155. The van der Waals surface area contributed by atoms with Gasteiger partial charge in [-0.3, -0.25) is 9.59 Å². The maximum atomic E-state index is 12.6. The third-order valence-electron chi connectivity index (χ3n) is 3.22. The lowest BCUT2D eigenvalue weighted by Crippen LogP contribution is -2.68. The Labute approximate surface area is 108 Å². The van der Waals surface area contributed by atoms with E-state index in [1.165, 1.54) is 4.90 Å². The van der Waals surface area contributed by atoms with Gasteiger partial charge in [-0.2, -0.15) is 0 Å². The predicted octanol–water partition coefficient (Wildman–Crippen LogP) is 1.35. The smallest absolute Gasteiger partial charge is 0.246 e. The van der Waals surface area contributed by atoms with Crippen molar-refractivity contribution in [3.63, 3.8) is 0 Å². The minimum atomic E-state index is -0.629. The van der Waals surface area contributed by atoms with Gasteiger partial charge >= 0.3 is 0 Å². The van der Waals surface area contributed by atoms with E-state index < -0.39 is 24.2 Å². The lowest BCUT2D eigenvalue weighted by atomic mass is 9.82. The summed E-state index contributed by atoms with van der Waals surface area (Å²) in [4.78, 5) is 25.9. The molecule has 18 heavy (non-hydrogen) atoms. The fourth-order valence-corrected chi connectivity index (χ4v) is 2.38. The molecule has 1 rings (SSSR count). The van der Waals surface area contributed by atoms with Crippen molar-refractivity contribution < 1.29 is 14.0 Å². The molecule has 2 atom stereocenters. The van der Waals surface area contributed by atoms with Crippen LogP contribution in [0.2, 0.25) is 0 Å². The second-order valence-electron chi connectivity index (χ2n) is 6.22. The number of hydrogen-bond acceptors (Lipinski definition) is 2. The van der Waals surface area contributed by atoms with Gasteiger partial charge in [-0.05, 0) is 11.3 Å². The summed E-state index contributed by atoms with van der Waals surface area (Å²) in [5, 5.41) is 2.76. The zero-order valence-corrected chi connectivity index (χ0v) is 11.8. The molecular weight excluding hydrogens is 235 g/mol. The van der Waals surface area contributed by atoms with Crippen LogP contribution in [0.4, 0.5) is 4.39 Å². The van der Waals surface area contributed by atoms with Gasteiger partial charge in [-0.1, -0.05) is 34.6 Å². The zero-order valence-electron chi connectivity index (χ0n) is 11.8. The molecule has 1 heterocycles. The first kappa shape index (κ1) is 14.9. The van der Waals surface area contributed by atoms with Crippen LogP contribution in [-0.2, 0) is 9.59 Å². The predicted molar refractivity (Wildman–Crippen MR) is 67.7 cm³/mol. The average Bonchev–Trinajstić information content (AvgIpc) is 2.20. The number of nitrogens with one attached hydrogen (secondary N) is 1. The molecule has 2 amide bonds. The molecule has 0 aliphatic carbocycles. The second-order valence-corrected chi connectivity index (χ2v) is 6.22. The molecule has 1 saturated heterocycles. The number of carbonyl (C=O) groups is 2. The molecular formula is C13H23FN2O2. The Balaban J connectivity index is 3.07. The van der Waals surface area contributed by atoms with E-state index in [0.29, 0.717) is 0 Å². The molecule has 1 N–H and O–H groups in total. The van der Waals surface area contributed by atoms with Gasteiger partial charge in [0, 0.05) is 6.54 Å². The van der Waals surface area contributed by atoms with Crippen molar-refractivity contribution in [2.75, 3.05) is 13.2 Å². The minimum absolute atomic E-state index is 0.00415. The van der Waals surface area contributed by atoms with Gasteiger partial charge in [-0.25, -0.2) is 4.39 Å². The van der Waals surface area contributed by atoms with E-state index in [0.717, 1.165) is 0 Å². The van der Waals surface area contributed by atoms with E-state index in [1.54, 1.807) is 0 Å². The second kappa shape index (κ2) is 5.24. The first-order valence-corrected chi connectivity index (χ1v) is 6.37. The molecule has 0 spiro atoms. The Morgan fingerprint density at radius 3 is 2.28 bits per heavy atom. The van der Waals surface area contributed by atoms with Crippen molar-refractivity contribution in [2.45, 2.75) is 46.7 Å². The standard InChI is InChI=1S/C13H23FN2O2/c1-8(2)9-12(18)16(7-6-14)10(11(17)15-9)13(3,4)5/h8-10H,6-7H2,1-5H3,(H,15,17). The largest absolute Gasteiger partial charge is 0.342 e. The molecule has 4 nitrogen and oxygen atoms in total. The van der Waals surface area contributed by atoms with Crippen molar-refractivity contribution in [1.82, 2.24) is 10.2 Å². The minimum Gasteiger partial charge on any atom is -0.342 e. The molecule has 0 radical (unpaired) electrons. The van der Waals surface area contributed by atoms with Gasteiger partial charge in [0.25, 0.3) is 0 Å². The molecule has 0 aromatic heterocycles. The summed E-state index contributed by atoms with van der Waals surface area (Å²) in [6, 6.07) is -1.14. The average molecular weight is 258 g/mol. The van der Waals surface area contributed by atoms with Gasteiger partial charge in [-0.15, -0.1) is 0 Å². The van der Waals surface area contributed by atoms with Crippen LogP contribution in [0.3, 0.4) is 0 Å². The number of halogens is 1. The lowest BCUT2D eigenvalue weighted by Gasteiger charge is -2.45. The Morgan fingerprint density at radius 1 is 1.33 bits per heavy atom. The molecule has 0 aromatic rings. The molecule has 0 bridgehead atoms. The number of alkyl halides is 1. The van der Waals surface area contributed by atoms with E-state index in [4.69, 9.17) is 0 Å². The van der Waals surface area contributed by atoms with Gasteiger partial charge in [0.1, 0.15) is 18.8 Å². The maximum absolute atomic E-state index is 12.6. The SMILES string of the molecule is CC(C)C1NC(=O)C(C(C)(C)C)N(CCF)C1=O.